The van der Waals surface area contributed by atoms with Crippen molar-refractivity contribution in [1.29, 1.82) is 0 Å². The van der Waals surface area contributed by atoms with Crippen LogP contribution in [0.2, 0.25) is 0 Å². The summed E-state index contributed by atoms with van der Waals surface area (Å²) in [6.07, 6.45) is 3.36. The molecule has 4 heteroatoms. The lowest BCUT2D eigenvalue weighted by Gasteiger charge is -2.23. The summed E-state index contributed by atoms with van der Waals surface area (Å²) in [6.45, 7) is 0. The molecule has 0 aliphatic carbocycles. The highest BCUT2D eigenvalue weighted by atomic mass is 79.9. The van der Waals surface area contributed by atoms with Crippen molar-refractivity contribution in [3.63, 3.8) is 0 Å². The van der Waals surface area contributed by atoms with Gasteiger partial charge in [0.2, 0.25) is 0 Å². The maximum absolute atomic E-state index is 11.3. The van der Waals surface area contributed by atoms with Gasteiger partial charge in [-0.05, 0) is 23.1 Å². The molecule has 0 amide bonds. The Morgan fingerprint density at radius 2 is 2.00 bits per heavy atom. The summed E-state index contributed by atoms with van der Waals surface area (Å²) in [5, 5.41) is 11.9. The SMILES string of the molecule is O=C1C[C@H](O)C[C@@H](/C=C/c2cccc3cccc(Br)c23)O1. The first-order valence-electron chi connectivity index (χ1n) is 6.86. The van der Waals surface area contributed by atoms with Gasteiger partial charge in [0.15, 0.2) is 0 Å². The van der Waals surface area contributed by atoms with E-state index >= 15 is 0 Å². The zero-order chi connectivity index (χ0) is 14.8. The van der Waals surface area contributed by atoms with Crippen LogP contribution in [0.5, 0.6) is 0 Å². The summed E-state index contributed by atoms with van der Waals surface area (Å²) >= 11 is 3.57. The van der Waals surface area contributed by atoms with E-state index in [1.807, 2.05) is 36.4 Å². The number of aliphatic hydroxyl groups excluding tert-OH is 1. The lowest BCUT2D eigenvalue weighted by atomic mass is 10.0. The van der Waals surface area contributed by atoms with Crippen LogP contribution in [0.15, 0.2) is 46.9 Å². The van der Waals surface area contributed by atoms with Crippen molar-refractivity contribution in [1.82, 2.24) is 0 Å². The molecule has 2 atom stereocenters. The molecule has 1 aliphatic rings. The van der Waals surface area contributed by atoms with Crippen molar-refractivity contribution < 1.29 is 14.6 Å². The van der Waals surface area contributed by atoms with E-state index in [9.17, 15) is 9.90 Å². The van der Waals surface area contributed by atoms with E-state index in [2.05, 4.69) is 28.1 Å². The van der Waals surface area contributed by atoms with Crippen LogP contribution in [-0.4, -0.2) is 23.3 Å². The van der Waals surface area contributed by atoms with E-state index in [0.29, 0.717) is 6.42 Å². The van der Waals surface area contributed by atoms with Gasteiger partial charge in [-0.3, -0.25) is 4.79 Å². The van der Waals surface area contributed by atoms with Gasteiger partial charge >= 0.3 is 5.97 Å². The number of carbonyl (C=O) groups is 1. The molecule has 0 bridgehead atoms. The molecule has 2 aromatic carbocycles. The molecule has 0 unspecified atom stereocenters. The number of fused-ring (bicyclic) bond motifs is 1. The van der Waals surface area contributed by atoms with Crippen LogP contribution in [0.3, 0.4) is 0 Å². The van der Waals surface area contributed by atoms with Crippen molar-refractivity contribution >= 4 is 38.7 Å². The molecule has 2 aromatic rings. The normalized spacial score (nSPS) is 22.7. The van der Waals surface area contributed by atoms with E-state index in [4.69, 9.17) is 4.74 Å². The van der Waals surface area contributed by atoms with Crippen molar-refractivity contribution in [2.75, 3.05) is 0 Å². The highest BCUT2D eigenvalue weighted by molar-refractivity contribution is 9.10. The zero-order valence-electron chi connectivity index (χ0n) is 11.3. The minimum Gasteiger partial charge on any atom is -0.458 e. The summed E-state index contributed by atoms with van der Waals surface area (Å²) in [7, 11) is 0. The van der Waals surface area contributed by atoms with E-state index in [-0.39, 0.29) is 18.5 Å². The summed E-state index contributed by atoms with van der Waals surface area (Å²) < 4.78 is 6.25. The molecular formula is C17H15BrO3. The van der Waals surface area contributed by atoms with Crippen LogP contribution in [0.25, 0.3) is 16.8 Å². The molecule has 0 spiro atoms. The Balaban J connectivity index is 1.91. The predicted molar refractivity (Wildman–Crippen MR) is 85.8 cm³/mol. The Hall–Kier alpha value is -1.65. The maximum Gasteiger partial charge on any atom is 0.309 e. The number of hydrogen-bond donors (Lipinski definition) is 1. The van der Waals surface area contributed by atoms with Crippen LogP contribution >= 0.6 is 15.9 Å². The first-order valence-corrected chi connectivity index (χ1v) is 7.66. The Bertz CT molecular complexity index is 703. The number of aliphatic hydroxyl groups is 1. The van der Waals surface area contributed by atoms with Crippen LogP contribution in [0.4, 0.5) is 0 Å². The van der Waals surface area contributed by atoms with E-state index in [1.54, 1.807) is 0 Å². The van der Waals surface area contributed by atoms with Gasteiger partial charge < -0.3 is 9.84 Å². The Labute approximate surface area is 131 Å². The fourth-order valence-electron chi connectivity index (χ4n) is 2.60. The first kappa shape index (κ1) is 14.3. The second-order valence-electron chi connectivity index (χ2n) is 5.17. The third-order valence-electron chi connectivity index (χ3n) is 3.57. The number of benzene rings is 2. The van der Waals surface area contributed by atoms with Crippen molar-refractivity contribution in [3.8, 4) is 0 Å². The molecule has 21 heavy (non-hydrogen) atoms. The number of hydrogen-bond acceptors (Lipinski definition) is 3. The Morgan fingerprint density at radius 3 is 2.76 bits per heavy atom. The molecule has 0 saturated carbocycles. The largest absolute Gasteiger partial charge is 0.458 e. The molecule has 1 fully saturated rings. The molecule has 1 N–H and O–H groups in total. The topological polar surface area (TPSA) is 46.5 Å². The molecule has 0 aromatic heterocycles. The molecule has 108 valence electrons. The van der Waals surface area contributed by atoms with E-state index in [0.717, 1.165) is 20.8 Å². The lowest BCUT2D eigenvalue weighted by molar-refractivity contribution is -0.156. The van der Waals surface area contributed by atoms with E-state index in [1.165, 1.54) is 0 Å². The number of rotatable bonds is 2. The average molecular weight is 347 g/mol. The number of halogens is 1. The first-order chi connectivity index (χ1) is 10.1. The monoisotopic (exact) mass is 346 g/mol. The highest BCUT2D eigenvalue weighted by Gasteiger charge is 2.25. The van der Waals surface area contributed by atoms with Gasteiger partial charge in [-0.2, -0.15) is 0 Å². The van der Waals surface area contributed by atoms with Crippen LogP contribution < -0.4 is 0 Å². The third kappa shape index (κ3) is 3.17. The Morgan fingerprint density at radius 1 is 1.24 bits per heavy atom. The second kappa shape index (κ2) is 6.00. The zero-order valence-corrected chi connectivity index (χ0v) is 12.9. The fraction of sp³-hybridized carbons (Fsp3) is 0.235. The van der Waals surface area contributed by atoms with Crippen molar-refractivity contribution in [3.05, 3.63) is 52.5 Å². The average Bonchev–Trinajstić information content (AvgIpc) is 2.44. The van der Waals surface area contributed by atoms with E-state index < -0.39 is 6.10 Å². The minimum absolute atomic E-state index is 0.0875. The molecule has 1 heterocycles. The molecular weight excluding hydrogens is 332 g/mol. The van der Waals surface area contributed by atoms with Crippen LogP contribution in [0.1, 0.15) is 18.4 Å². The number of carbonyl (C=O) groups excluding carboxylic acids is 1. The van der Waals surface area contributed by atoms with Gasteiger partial charge in [-0.1, -0.05) is 52.3 Å². The Kier molecular flexibility index (Phi) is 4.08. The molecule has 0 radical (unpaired) electrons. The minimum atomic E-state index is -0.611. The standard InChI is InChI=1S/C17H15BrO3/c18-15-6-2-5-11-3-1-4-12(17(11)15)7-8-14-9-13(19)10-16(20)21-14/h1-8,13-14,19H,9-10H2/b8-7+/t13-,14-/m1/s1. The van der Waals surface area contributed by atoms with Crippen molar-refractivity contribution in [2.45, 2.75) is 25.0 Å². The number of ether oxygens (including phenoxy) is 1. The molecule has 3 rings (SSSR count). The fourth-order valence-corrected chi connectivity index (χ4v) is 3.21. The summed E-state index contributed by atoms with van der Waals surface area (Å²) in [5.74, 6) is -0.345. The lowest BCUT2D eigenvalue weighted by Crippen LogP contribution is -2.31. The third-order valence-corrected chi connectivity index (χ3v) is 4.23. The summed E-state index contributed by atoms with van der Waals surface area (Å²) in [6, 6.07) is 12.1. The molecule has 1 aliphatic heterocycles. The van der Waals surface area contributed by atoms with Gasteiger partial charge in [0.25, 0.3) is 0 Å². The van der Waals surface area contributed by atoms with Crippen LogP contribution in [0, 0.1) is 0 Å². The van der Waals surface area contributed by atoms with Gasteiger partial charge in [0, 0.05) is 16.3 Å². The predicted octanol–water partition coefficient (Wildman–Crippen LogP) is 3.68. The van der Waals surface area contributed by atoms with Gasteiger partial charge in [0.05, 0.1) is 12.5 Å². The summed E-state index contributed by atoms with van der Waals surface area (Å²) in [4.78, 5) is 11.3. The van der Waals surface area contributed by atoms with Gasteiger partial charge in [-0.15, -0.1) is 0 Å². The highest BCUT2D eigenvalue weighted by Crippen LogP contribution is 2.28. The molecule has 1 saturated heterocycles. The van der Waals surface area contributed by atoms with Gasteiger partial charge in [-0.25, -0.2) is 0 Å². The maximum atomic E-state index is 11.3. The van der Waals surface area contributed by atoms with Gasteiger partial charge in [0.1, 0.15) is 6.10 Å². The molecule has 3 nitrogen and oxygen atoms in total. The van der Waals surface area contributed by atoms with Crippen LogP contribution in [-0.2, 0) is 9.53 Å². The second-order valence-corrected chi connectivity index (χ2v) is 6.02. The smallest absolute Gasteiger partial charge is 0.309 e. The van der Waals surface area contributed by atoms with Crippen molar-refractivity contribution in [2.24, 2.45) is 0 Å². The summed E-state index contributed by atoms with van der Waals surface area (Å²) in [5.41, 5.74) is 1.05. The number of cyclic esters (lactones) is 1. The quantitative estimate of drug-likeness (QED) is 0.843. The number of esters is 1.